The molecule has 5 aliphatic carbocycles. The zero-order chi connectivity index (χ0) is 30.9. The maximum Gasteiger partial charge on any atom is 0.0859 e. The van der Waals surface area contributed by atoms with Crippen LogP contribution in [0.5, 0.6) is 0 Å². The number of hydrogen-bond acceptors (Lipinski definition) is 2. The van der Waals surface area contributed by atoms with E-state index in [9.17, 15) is 0 Å². The Morgan fingerprint density at radius 3 is 2.43 bits per heavy atom. The second-order valence-corrected chi connectivity index (χ2v) is 12.7. The van der Waals surface area contributed by atoms with Crippen LogP contribution >= 0.6 is 0 Å². The smallest absolute Gasteiger partial charge is 0.0859 e. The van der Waals surface area contributed by atoms with Gasteiger partial charge < -0.3 is 4.90 Å². The van der Waals surface area contributed by atoms with Crippen molar-refractivity contribution in [1.82, 2.24) is 0 Å². The highest BCUT2D eigenvalue weighted by atomic mass is 15.1. The molecule has 5 aliphatic rings. The summed E-state index contributed by atoms with van der Waals surface area (Å²) in [5.74, 6) is 1.15. The minimum absolute atomic E-state index is 0.309. The predicted octanol–water partition coefficient (Wildman–Crippen LogP) is 11.1. The monoisotopic (exact) mass is 594 g/mol. The molecule has 2 heteroatoms. The first kappa shape index (κ1) is 28.3. The summed E-state index contributed by atoms with van der Waals surface area (Å²) >= 11 is 0. The van der Waals surface area contributed by atoms with Crippen LogP contribution in [0.25, 0.3) is 5.57 Å². The molecule has 3 unspecified atom stereocenters. The minimum atomic E-state index is 0.309. The van der Waals surface area contributed by atoms with Crippen molar-refractivity contribution >= 4 is 29.4 Å². The Morgan fingerprint density at radius 1 is 0.761 bits per heavy atom. The van der Waals surface area contributed by atoms with Gasteiger partial charge in [0.05, 0.1) is 11.4 Å². The maximum atomic E-state index is 4.37. The van der Waals surface area contributed by atoms with Crippen LogP contribution in [0, 0.1) is 17.8 Å². The van der Waals surface area contributed by atoms with E-state index < -0.39 is 0 Å². The third-order valence-electron chi connectivity index (χ3n) is 10.0. The van der Waals surface area contributed by atoms with Gasteiger partial charge in [-0.25, -0.2) is 0 Å². The van der Waals surface area contributed by atoms with Crippen LogP contribution in [0.4, 0.5) is 17.1 Å². The van der Waals surface area contributed by atoms with Crippen LogP contribution in [0.1, 0.15) is 30.4 Å². The lowest BCUT2D eigenvalue weighted by Gasteiger charge is -2.40. The number of aliphatic imine (C=N–C) groups is 1. The van der Waals surface area contributed by atoms with E-state index in [0.29, 0.717) is 17.8 Å². The second-order valence-electron chi connectivity index (χ2n) is 12.7. The van der Waals surface area contributed by atoms with E-state index >= 15 is 0 Å². The van der Waals surface area contributed by atoms with Crippen LogP contribution < -0.4 is 4.90 Å². The molecule has 0 fully saturated rings. The van der Waals surface area contributed by atoms with Gasteiger partial charge in [0.2, 0.25) is 0 Å². The number of fused-ring (bicyclic) bond motifs is 2. The molecule has 0 radical (unpaired) electrons. The van der Waals surface area contributed by atoms with E-state index in [2.05, 4.69) is 156 Å². The van der Waals surface area contributed by atoms with E-state index in [1.54, 1.807) is 0 Å². The Labute approximate surface area is 272 Å². The quantitative estimate of drug-likeness (QED) is 0.249. The van der Waals surface area contributed by atoms with Crippen LogP contribution in [-0.4, -0.2) is 6.72 Å². The van der Waals surface area contributed by atoms with E-state index in [-0.39, 0.29) is 0 Å². The zero-order valence-electron chi connectivity index (χ0n) is 26.1. The molecule has 0 spiro atoms. The highest BCUT2D eigenvalue weighted by Gasteiger charge is 2.38. The molecule has 0 saturated carbocycles. The van der Waals surface area contributed by atoms with Gasteiger partial charge in [-0.15, -0.1) is 0 Å². The van der Waals surface area contributed by atoms with Crippen molar-refractivity contribution in [2.45, 2.75) is 25.8 Å². The lowest BCUT2D eigenvalue weighted by Crippen LogP contribution is -2.27. The number of allylic oxidation sites excluding steroid dienone is 18. The summed E-state index contributed by atoms with van der Waals surface area (Å²) in [6.07, 6.45) is 31.3. The fourth-order valence-corrected chi connectivity index (χ4v) is 7.85. The van der Waals surface area contributed by atoms with Crippen molar-refractivity contribution in [2.24, 2.45) is 22.7 Å². The third-order valence-corrected chi connectivity index (χ3v) is 10.0. The number of hydrogen-bond donors (Lipinski definition) is 0. The van der Waals surface area contributed by atoms with Crippen LogP contribution in [-0.2, 0) is 6.54 Å². The number of para-hydroxylation sites is 2. The largest absolute Gasteiger partial charge is 0.335 e. The lowest BCUT2D eigenvalue weighted by atomic mass is 9.63. The Hall–Kier alpha value is -5.21. The normalized spacial score (nSPS) is 22.6. The van der Waals surface area contributed by atoms with Crippen molar-refractivity contribution in [1.29, 1.82) is 0 Å². The molecule has 0 N–H and O–H groups in total. The van der Waals surface area contributed by atoms with Gasteiger partial charge >= 0.3 is 0 Å². The van der Waals surface area contributed by atoms with Gasteiger partial charge in [-0.1, -0.05) is 128 Å². The third kappa shape index (κ3) is 5.14. The van der Waals surface area contributed by atoms with Crippen LogP contribution in [0.15, 0.2) is 185 Å². The van der Waals surface area contributed by atoms with Crippen molar-refractivity contribution in [3.05, 3.63) is 191 Å². The molecule has 0 heterocycles. The van der Waals surface area contributed by atoms with Gasteiger partial charge in [0, 0.05) is 30.0 Å². The van der Waals surface area contributed by atoms with Gasteiger partial charge in [-0.2, -0.15) is 0 Å². The highest BCUT2D eigenvalue weighted by Crippen LogP contribution is 2.52. The van der Waals surface area contributed by atoms with Gasteiger partial charge in [-0.3, -0.25) is 4.99 Å². The molecule has 0 aliphatic heterocycles. The molecular weight excluding hydrogens is 556 g/mol. The Morgan fingerprint density at radius 2 is 1.57 bits per heavy atom. The standard InChI is InChI=1S/C44H38N2/c1-45-41-21-11-12-22-42(41)46(30-31-13-3-2-4-14-31)36-27-25-33(26-28-36)43-37-17-7-9-19-39(37)44(40-20-10-8-18-38(40)43)35-24-23-32-15-5-6-16-34(32)29-35/h2-7,9-17,19-22,24-29,32,39,44H,1,8,18,23,30H2. The molecule has 3 aromatic carbocycles. The first-order valence-electron chi connectivity index (χ1n) is 16.5. The molecule has 3 atom stereocenters. The van der Waals surface area contributed by atoms with Crippen LogP contribution in [0.2, 0.25) is 0 Å². The topological polar surface area (TPSA) is 15.6 Å². The lowest BCUT2D eigenvalue weighted by molar-refractivity contribution is 0.576. The van der Waals surface area contributed by atoms with Crippen molar-refractivity contribution < 1.29 is 0 Å². The minimum Gasteiger partial charge on any atom is -0.335 e. The molecule has 2 nitrogen and oxygen atoms in total. The molecule has 8 rings (SSSR count). The average Bonchev–Trinajstić information content (AvgIpc) is 3.13. The van der Waals surface area contributed by atoms with E-state index in [0.717, 1.165) is 42.9 Å². The molecule has 0 bridgehead atoms. The summed E-state index contributed by atoms with van der Waals surface area (Å²) in [5.41, 5.74) is 14.4. The number of benzene rings is 3. The van der Waals surface area contributed by atoms with Crippen molar-refractivity contribution in [3.8, 4) is 0 Å². The van der Waals surface area contributed by atoms with E-state index in [1.807, 2.05) is 12.1 Å². The average molecular weight is 595 g/mol. The summed E-state index contributed by atoms with van der Waals surface area (Å²) in [6.45, 7) is 4.61. The molecule has 46 heavy (non-hydrogen) atoms. The first-order valence-corrected chi connectivity index (χ1v) is 16.5. The molecule has 0 saturated heterocycles. The summed E-state index contributed by atoms with van der Waals surface area (Å²) in [6, 6.07) is 28.1. The number of rotatable bonds is 7. The molecule has 3 aromatic rings. The first-order chi connectivity index (χ1) is 22.8. The number of anilines is 2. The van der Waals surface area contributed by atoms with Gasteiger partial charge in [-0.05, 0) is 94.8 Å². The fourth-order valence-electron chi connectivity index (χ4n) is 7.85. The van der Waals surface area contributed by atoms with E-state index in [1.165, 1.54) is 44.6 Å². The van der Waals surface area contributed by atoms with Crippen molar-refractivity contribution in [2.75, 3.05) is 4.90 Å². The molecule has 0 amide bonds. The molecule has 0 aromatic heterocycles. The molecular formula is C44H38N2. The second kappa shape index (κ2) is 12.3. The fraction of sp³-hybridized carbons (Fsp3) is 0.159. The Bertz CT molecular complexity index is 1950. The van der Waals surface area contributed by atoms with Gasteiger partial charge in [0.25, 0.3) is 0 Å². The zero-order valence-corrected chi connectivity index (χ0v) is 26.1. The Kier molecular flexibility index (Phi) is 7.56. The summed E-state index contributed by atoms with van der Waals surface area (Å²) in [7, 11) is 0. The van der Waals surface area contributed by atoms with E-state index in [4.69, 9.17) is 0 Å². The summed E-state index contributed by atoms with van der Waals surface area (Å²) < 4.78 is 0. The Balaban J connectivity index is 1.20. The van der Waals surface area contributed by atoms with Gasteiger partial charge in [0.1, 0.15) is 0 Å². The SMILES string of the molecule is C=Nc1ccccc1N(Cc1ccccc1)c1ccc(C2=C3C=CC=CC3C(C3=CCC4C=CC=CC4=C3)C3=C2CCC=C3)cc1. The predicted molar refractivity (Wildman–Crippen MR) is 195 cm³/mol. The summed E-state index contributed by atoms with van der Waals surface area (Å²) in [4.78, 5) is 6.72. The maximum absolute atomic E-state index is 4.37. The molecule has 224 valence electrons. The van der Waals surface area contributed by atoms with Gasteiger partial charge in [0.15, 0.2) is 0 Å². The number of nitrogens with zero attached hydrogens (tertiary/aromatic N) is 2. The highest BCUT2D eigenvalue weighted by molar-refractivity contribution is 5.89. The summed E-state index contributed by atoms with van der Waals surface area (Å²) in [5, 5.41) is 0. The van der Waals surface area contributed by atoms with Crippen molar-refractivity contribution in [3.63, 3.8) is 0 Å². The van der Waals surface area contributed by atoms with Crippen LogP contribution in [0.3, 0.4) is 0 Å².